The van der Waals surface area contributed by atoms with Crippen molar-refractivity contribution in [2.24, 2.45) is 10.9 Å². The van der Waals surface area contributed by atoms with Crippen molar-refractivity contribution in [3.63, 3.8) is 0 Å². The third-order valence-corrected chi connectivity index (χ3v) is 4.99. The first-order chi connectivity index (χ1) is 14.5. The number of fused-ring (bicyclic) bond motifs is 1. The molecule has 1 aliphatic heterocycles. The molecule has 2 aromatic carbocycles. The molecule has 0 amide bonds. The minimum atomic E-state index is 0.211. The van der Waals surface area contributed by atoms with Crippen molar-refractivity contribution in [1.29, 1.82) is 0 Å². The lowest BCUT2D eigenvalue weighted by molar-refractivity contribution is 0.129. The number of aromatic nitrogens is 2. The van der Waals surface area contributed by atoms with Crippen molar-refractivity contribution in [3.05, 3.63) is 75.6 Å². The molecule has 7 nitrogen and oxygen atoms in total. The number of nitrogens with zero attached hydrogens (tertiary/aromatic N) is 3. The third-order valence-electron chi connectivity index (χ3n) is 4.71. The molecular formula is C22H23ClN4O3. The minimum Gasteiger partial charge on any atom is -0.486 e. The number of benzene rings is 2. The van der Waals surface area contributed by atoms with Crippen LogP contribution in [-0.4, -0.2) is 28.8 Å². The molecule has 0 spiro atoms. The lowest BCUT2D eigenvalue weighted by atomic mass is 10.1. The Kier molecular flexibility index (Phi) is 5.81. The summed E-state index contributed by atoms with van der Waals surface area (Å²) in [6.07, 6.45) is 0. The second-order valence-corrected chi connectivity index (χ2v) is 7.54. The third kappa shape index (κ3) is 4.52. The zero-order valence-corrected chi connectivity index (χ0v) is 17.6. The summed E-state index contributed by atoms with van der Waals surface area (Å²) >= 11 is 6.25. The number of amidine groups is 1. The van der Waals surface area contributed by atoms with Gasteiger partial charge >= 0.3 is 0 Å². The molecule has 0 radical (unpaired) electrons. The van der Waals surface area contributed by atoms with E-state index in [1.54, 1.807) is 6.07 Å². The lowest BCUT2D eigenvalue weighted by Gasteiger charge is -2.20. The van der Waals surface area contributed by atoms with Gasteiger partial charge in [-0.15, -0.1) is 0 Å². The number of nitrogens with two attached hydrogens (primary N) is 1. The molecule has 1 aromatic heterocycles. The van der Waals surface area contributed by atoms with Crippen LogP contribution in [0, 0.1) is 13.8 Å². The van der Waals surface area contributed by atoms with Crippen LogP contribution in [0.2, 0.25) is 5.02 Å². The fraction of sp³-hybridized carbons (Fsp3) is 0.273. The molecule has 3 aromatic rings. The van der Waals surface area contributed by atoms with Crippen LogP contribution < -0.4 is 15.2 Å². The van der Waals surface area contributed by atoms with E-state index < -0.39 is 0 Å². The molecule has 0 unspecified atom stereocenters. The van der Waals surface area contributed by atoms with Gasteiger partial charge in [0.2, 0.25) is 0 Å². The highest BCUT2D eigenvalue weighted by atomic mass is 35.5. The SMILES string of the molecule is Cc1cc(C)n(Cc2cccc(/C(N)=N/OCc3cc(Cl)c4c(c3)OCCO4)c2)n1. The van der Waals surface area contributed by atoms with Crippen molar-refractivity contribution in [1.82, 2.24) is 9.78 Å². The Balaban J connectivity index is 1.43. The molecule has 0 saturated heterocycles. The smallest absolute Gasteiger partial charge is 0.179 e. The van der Waals surface area contributed by atoms with Gasteiger partial charge in [-0.2, -0.15) is 5.10 Å². The zero-order chi connectivity index (χ0) is 21.1. The van der Waals surface area contributed by atoms with Crippen LogP contribution in [0.1, 0.15) is 28.1 Å². The monoisotopic (exact) mass is 426 g/mol. The van der Waals surface area contributed by atoms with E-state index in [1.165, 1.54) is 0 Å². The molecule has 0 saturated carbocycles. The maximum atomic E-state index is 6.25. The van der Waals surface area contributed by atoms with Gasteiger partial charge in [0.25, 0.3) is 0 Å². The van der Waals surface area contributed by atoms with Gasteiger partial charge in [-0.3, -0.25) is 4.68 Å². The van der Waals surface area contributed by atoms with E-state index in [1.807, 2.05) is 48.9 Å². The maximum Gasteiger partial charge on any atom is 0.179 e. The van der Waals surface area contributed by atoms with E-state index in [9.17, 15) is 0 Å². The van der Waals surface area contributed by atoms with Gasteiger partial charge in [0, 0.05) is 11.3 Å². The quantitative estimate of drug-likeness (QED) is 0.368. The molecule has 30 heavy (non-hydrogen) atoms. The molecule has 2 N–H and O–H groups in total. The predicted octanol–water partition coefficient (Wildman–Crippen LogP) is 3.81. The summed E-state index contributed by atoms with van der Waals surface area (Å²) in [4.78, 5) is 5.45. The molecule has 156 valence electrons. The first kappa shape index (κ1) is 20.1. The van der Waals surface area contributed by atoms with E-state index in [0.29, 0.717) is 42.1 Å². The number of aryl methyl sites for hydroxylation is 2. The molecule has 2 heterocycles. The Morgan fingerprint density at radius 1 is 1.17 bits per heavy atom. The summed E-state index contributed by atoms with van der Waals surface area (Å²) in [7, 11) is 0. The second kappa shape index (κ2) is 8.67. The summed E-state index contributed by atoms with van der Waals surface area (Å²) in [6.45, 7) is 5.88. The van der Waals surface area contributed by atoms with Crippen LogP contribution in [0.25, 0.3) is 0 Å². The molecule has 4 rings (SSSR count). The van der Waals surface area contributed by atoms with Crippen LogP contribution in [0.3, 0.4) is 0 Å². The van der Waals surface area contributed by atoms with Crippen LogP contribution in [0.5, 0.6) is 11.5 Å². The first-order valence-electron chi connectivity index (χ1n) is 9.63. The van der Waals surface area contributed by atoms with Crippen LogP contribution in [-0.2, 0) is 18.0 Å². The highest BCUT2D eigenvalue weighted by Crippen LogP contribution is 2.38. The van der Waals surface area contributed by atoms with E-state index in [2.05, 4.69) is 16.3 Å². The summed E-state index contributed by atoms with van der Waals surface area (Å²) in [5, 5.41) is 9.05. The van der Waals surface area contributed by atoms with Gasteiger partial charge in [0.1, 0.15) is 19.8 Å². The average Bonchev–Trinajstić information content (AvgIpc) is 3.05. The normalized spacial score (nSPS) is 13.4. The van der Waals surface area contributed by atoms with Gasteiger partial charge in [-0.25, -0.2) is 0 Å². The van der Waals surface area contributed by atoms with Crippen LogP contribution >= 0.6 is 11.6 Å². The van der Waals surface area contributed by atoms with E-state index >= 15 is 0 Å². The summed E-state index contributed by atoms with van der Waals surface area (Å²) in [6, 6.07) is 13.5. The molecule has 0 atom stereocenters. The molecule has 0 fully saturated rings. The van der Waals surface area contributed by atoms with Crippen molar-refractivity contribution in [2.45, 2.75) is 27.0 Å². The van der Waals surface area contributed by atoms with Gasteiger partial charge in [-0.1, -0.05) is 35.0 Å². The van der Waals surface area contributed by atoms with Crippen LogP contribution in [0.4, 0.5) is 0 Å². The highest BCUT2D eigenvalue weighted by Gasteiger charge is 2.16. The second-order valence-electron chi connectivity index (χ2n) is 7.14. The Morgan fingerprint density at radius 2 is 2.00 bits per heavy atom. The molecule has 0 aliphatic carbocycles. The van der Waals surface area contributed by atoms with E-state index in [-0.39, 0.29) is 6.61 Å². The van der Waals surface area contributed by atoms with E-state index in [4.69, 9.17) is 31.6 Å². The number of ether oxygens (including phenoxy) is 2. The minimum absolute atomic E-state index is 0.211. The topological polar surface area (TPSA) is 83.9 Å². The summed E-state index contributed by atoms with van der Waals surface area (Å²) < 4.78 is 13.1. The Morgan fingerprint density at radius 3 is 2.80 bits per heavy atom. The summed E-state index contributed by atoms with van der Waals surface area (Å²) in [5.41, 5.74) is 10.9. The number of hydrogen-bond acceptors (Lipinski definition) is 5. The van der Waals surface area contributed by atoms with Gasteiger partial charge in [-0.05, 0) is 49.2 Å². The Bertz CT molecular complexity index is 1090. The fourth-order valence-corrected chi connectivity index (χ4v) is 3.60. The van der Waals surface area contributed by atoms with Crippen molar-refractivity contribution >= 4 is 17.4 Å². The number of oxime groups is 1. The van der Waals surface area contributed by atoms with Crippen molar-refractivity contribution in [3.8, 4) is 11.5 Å². The molecule has 1 aliphatic rings. The Labute approximate surface area is 180 Å². The molecular weight excluding hydrogens is 404 g/mol. The summed E-state index contributed by atoms with van der Waals surface area (Å²) in [5.74, 6) is 1.48. The lowest BCUT2D eigenvalue weighted by Crippen LogP contribution is -2.16. The van der Waals surface area contributed by atoms with Gasteiger partial charge < -0.3 is 20.0 Å². The van der Waals surface area contributed by atoms with Crippen molar-refractivity contribution in [2.75, 3.05) is 13.2 Å². The zero-order valence-electron chi connectivity index (χ0n) is 16.9. The predicted molar refractivity (Wildman–Crippen MR) is 115 cm³/mol. The van der Waals surface area contributed by atoms with Crippen LogP contribution in [0.15, 0.2) is 47.6 Å². The van der Waals surface area contributed by atoms with Gasteiger partial charge in [0.05, 0.1) is 17.3 Å². The first-order valence-corrected chi connectivity index (χ1v) is 10.0. The average molecular weight is 427 g/mol. The largest absolute Gasteiger partial charge is 0.486 e. The molecule has 8 heteroatoms. The number of halogens is 1. The standard InChI is InChI=1S/C22H23ClN4O3/c1-14-8-15(2)27(25-14)12-16-4-3-5-18(9-16)22(24)26-30-13-17-10-19(23)21-20(11-17)28-6-7-29-21/h3-5,8-11H,6-7,12-13H2,1-2H3,(H2,24,26). The maximum absolute atomic E-state index is 6.25. The fourth-order valence-electron chi connectivity index (χ4n) is 3.31. The van der Waals surface area contributed by atoms with Gasteiger partial charge in [0.15, 0.2) is 17.3 Å². The molecule has 0 bridgehead atoms. The number of rotatable bonds is 6. The van der Waals surface area contributed by atoms with Crippen molar-refractivity contribution < 1.29 is 14.3 Å². The van der Waals surface area contributed by atoms with E-state index in [0.717, 1.165) is 28.1 Å². The number of hydrogen-bond donors (Lipinski definition) is 1. The highest BCUT2D eigenvalue weighted by molar-refractivity contribution is 6.32. The Hall–Kier alpha value is -3.19.